The fraction of sp³-hybridized carbons (Fsp3) is 0.700. The van der Waals surface area contributed by atoms with Gasteiger partial charge in [-0.25, -0.2) is 13.8 Å². The lowest BCUT2D eigenvalue weighted by Crippen LogP contribution is -2.37. The molecule has 4 N–H and O–H groups in total. The average molecular weight is 417 g/mol. The van der Waals surface area contributed by atoms with Gasteiger partial charge in [0.15, 0.2) is 0 Å². The predicted molar refractivity (Wildman–Crippen MR) is 110 cm³/mol. The third-order valence-electron chi connectivity index (χ3n) is 4.68. The molecule has 0 aliphatic rings. The fourth-order valence-corrected chi connectivity index (χ4v) is 2.96. The lowest BCUT2D eigenvalue weighted by atomic mass is 10.1. The van der Waals surface area contributed by atoms with Gasteiger partial charge in [-0.15, -0.1) is 0 Å². The molecule has 1 rings (SSSR count). The molecular formula is C20H34F2N4O3. The van der Waals surface area contributed by atoms with E-state index in [9.17, 15) is 13.6 Å². The number of nitrogens with zero attached hydrogens (tertiary/aromatic N) is 2. The Morgan fingerprint density at radius 2 is 2.07 bits per heavy atom. The van der Waals surface area contributed by atoms with E-state index in [1.165, 1.54) is 5.56 Å². The summed E-state index contributed by atoms with van der Waals surface area (Å²) >= 11 is 0. The summed E-state index contributed by atoms with van der Waals surface area (Å²) in [6.07, 6.45) is 1.37. The fourth-order valence-electron chi connectivity index (χ4n) is 2.96. The summed E-state index contributed by atoms with van der Waals surface area (Å²) in [6.45, 7) is 3.35. The molecule has 0 aromatic carbocycles. The zero-order valence-electron chi connectivity index (χ0n) is 17.4. The molecule has 0 aliphatic carbocycles. The van der Waals surface area contributed by atoms with Gasteiger partial charge >= 0.3 is 5.97 Å². The first kappa shape index (κ1) is 25.2. The summed E-state index contributed by atoms with van der Waals surface area (Å²) in [4.78, 5) is 17.6. The highest BCUT2D eigenvalue weighted by Crippen LogP contribution is 2.15. The number of carbonyl (C=O) groups is 1. The van der Waals surface area contributed by atoms with Gasteiger partial charge in [-0.2, -0.15) is 0 Å². The highest BCUT2D eigenvalue weighted by atomic mass is 19.3. The van der Waals surface area contributed by atoms with Crippen LogP contribution in [0.1, 0.15) is 37.4 Å². The Kier molecular flexibility index (Phi) is 12.3. The molecule has 0 bridgehead atoms. The number of aryl methyl sites for hydroxylation is 2. The average Bonchev–Trinajstić information content (AvgIpc) is 2.70. The highest BCUT2D eigenvalue weighted by Gasteiger charge is 2.14. The van der Waals surface area contributed by atoms with E-state index in [0.29, 0.717) is 19.5 Å². The Balaban J connectivity index is 2.45. The molecule has 166 valence electrons. The zero-order valence-corrected chi connectivity index (χ0v) is 17.4. The van der Waals surface area contributed by atoms with Crippen molar-refractivity contribution < 1.29 is 23.4 Å². The van der Waals surface area contributed by atoms with Crippen molar-refractivity contribution in [3.05, 3.63) is 23.4 Å². The summed E-state index contributed by atoms with van der Waals surface area (Å²) in [5.74, 6) is -0.133. The number of carboxylic acid groups (broad SMARTS) is 1. The first-order chi connectivity index (χ1) is 13.9. The molecule has 1 unspecified atom stereocenters. The number of alkyl halides is 2. The molecule has 1 atom stereocenters. The number of aliphatic carboxylic acids is 1. The van der Waals surface area contributed by atoms with Gasteiger partial charge in [-0.3, -0.25) is 4.79 Å². The summed E-state index contributed by atoms with van der Waals surface area (Å²) < 4.78 is 29.3. The van der Waals surface area contributed by atoms with Crippen molar-refractivity contribution in [3.8, 4) is 0 Å². The van der Waals surface area contributed by atoms with Crippen molar-refractivity contribution in [1.82, 2.24) is 9.88 Å². The number of unbranched alkanes of at least 4 members (excludes halogenated alkanes) is 1. The lowest BCUT2D eigenvalue weighted by molar-refractivity contribution is -0.138. The Morgan fingerprint density at radius 3 is 2.69 bits per heavy atom. The van der Waals surface area contributed by atoms with Crippen molar-refractivity contribution in [2.75, 3.05) is 45.2 Å². The topological polar surface area (TPSA) is 101 Å². The van der Waals surface area contributed by atoms with Crippen LogP contribution in [0.2, 0.25) is 0 Å². The first-order valence-corrected chi connectivity index (χ1v) is 10.1. The van der Waals surface area contributed by atoms with E-state index in [0.717, 1.165) is 43.7 Å². The minimum Gasteiger partial charge on any atom is -0.480 e. The van der Waals surface area contributed by atoms with Crippen LogP contribution in [0.15, 0.2) is 12.1 Å². The SMILES string of the molecule is CCc1ccc(CCCCN(CCOCC(F)F)CCC(N)C(=O)O)nc1NC. The van der Waals surface area contributed by atoms with Crippen molar-refractivity contribution in [2.24, 2.45) is 5.73 Å². The molecule has 0 radical (unpaired) electrons. The van der Waals surface area contributed by atoms with Gasteiger partial charge in [0.05, 0.1) is 6.61 Å². The Hall–Kier alpha value is -1.84. The monoisotopic (exact) mass is 416 g/mol. The number of nitrogens with two attached hydrogens (primary N) is 1. The van der Waals surface area contributed by atoms with Gasteiger partial charge in [-0.05, 0) is 50.3 Å². The number of hydrogen-bond donors (Lipinski definition) is 3. The van der Waals surface area contributed by atoms with Crippen LogP contribution >= 0.6 is 0 Å². The molecule has 1 heterocycles. The smallest absolute Gasteiger partial charge is 0.320 e. The largest absolute Gasteiger partial charge is 0.480 e. The number of carboxylic acids is 1. The molecule has 0 amide bonds. The van der Waals surface area contributed by atoms with Crippen LogP contribution in [-0.4, -0.2) is 73.3 Å². The molecule has 0 spiro atoms. The van der Waals surface area contributed by atoms with Crippen LogP contribution in [0, 0.1) is 0 Å². The minimum absolute atomic E-state index is 0.179. The molecule has 0 aliphatic heterocycles. The zero-order chi connectivity index (χ0) is 21.6. The Bertz CT molecular complexity index is 605. The molecular weight excluding hydrogens is 382 g/mol. The van der Waals surface area contributed by atoms with E-state index >= 15 is 0 Å². The molecule has 29 heavy (non-hydrogen) atoms. The number of nitrogens with one attached hydrogen (secondary N) is 1. The molecule has 0 saturated carbocycles. The summed E-state index contributed by atoms with van der Waals surface area (Å²) in [7, 11) is 1.86. The number of halogens is 2. The lowest BCUT2D eigenvalue weighted by Gasteiger charge is -2.23. The van der Waals surface area contributed by atoms with Crippen LogP contribution in [-0.2, 0) is 22.4 Å². The number of pyridine rings is 1. The minimum atomic E-state index is -2.49. The number of hydrogen-bond acceptors (Lipinski definition) is 6. The van der Waals surface area contributed by atoms with Crippen molar-refractivity contribution >= 4 is 11.8 Å². The van der Waals surface area contributed by atoms with Crippen LogP contribution in [0.3, 0.4) is 0 Å². The van der Waals surface area contributed by atoms with Gasteiger partial charge in [0.25, 0.3) is 6.43 Å². The third kappa shape index (κ3) is 10.5. The molecule has 9 heteroatoms. The van der Waals surface area contributed by atoms with Gasteiger partial charge in [0, 0.05) is 25.8 Å². The van der Waals surface area contributed by atoms with E-state index in [1.807, 2.05) is 18.0 Å². The second-order valence-electron chi connectivity index (χ2n) is 6.91. The van der Waals surface area contributed by atoms with Crippen molar-refractivity contribution in [3.63, 3.8) is 0 Å². The highest BCUT2D eigenvalue weighted by molar-refractivity contribution is 5.72. The molecule has 7 nitrogen and oxygen atoms in total. The van der Waals surface area contributed by atoms with E-state index in [-0.39, 0.29) is 6.61 Å². The maximum absolute atomic E-state index is 12.2. The predicted octanol–water partition coefficient (Wildman–Crippen LogP) is 2.39. The number of anilines is 1. The van der Waals surface area contributed by atoms with Gasteiger partial charge in [0.1, 0.15) is 18.5 Å². The molecule has 1 aromatic rings. The first-order valence-electron chi connectivity index (χ1n) is 10.1. The van der Waals surface area contributed by atoms with E-state index in [4.69, 9.17) is 15.6 Å². The standard InChI is InChI=1S/C20H34F2N4O3/c1-3-15-7-8-16(25-19(15)24-2)6-4-5-10-26(11-9-17(23)20(27)28)12-13-29-14-18(21)22/h7-8,17-18H,3-6,9-14,23H2,1-2H3,(H,24,25)(H,27,28). The number of rotatable bonds is 16. The second kappa shape index (κ2) is 14.2. The Morgan fingerprint density at radius 1 is 1.31 bits per heavy atom. The maximum atomic E-state index is 12.2. The van der Waals surface area contributed by atoms with Crippen LogP contribution < -0.4 is 11.1 Å². The molecule has 0 saturated heterocycles. The third-order valence-corrected chi connectivity index (χ3v) is 4.68. The quantitative estimate of drug-likeness (QED) is 0.356. The second-order valence-corrected chi connectivity index (χ2v) is 6.91. The van der Waals surface area contributed by atoms with Gasteiger partial charge in [0.2, 0.25) is 0 Å². The molecule has 0 fully saturated rings. The van der Waals surface area contributed by atoms with Gasteiger partial charge in [-0.1, -0.05) is 13.0 Å². The number of aromatic nitrogens is 1. The summed E-state index contributed by atoms with van der Waals surface area (Å²) in [5.41, 5.74) is 7.77. The van der Waals surface area contributed by atoms with Crippen LogP contribution in [0.4, 0.5) is 14.6 Å². The van der Waals surface area contributed by atoms with Crippen LogP contribution in [0.25, 0.3) is 0 Å². The van der Waals surface area contributed by atoms with E-state index in [2.05, 4.69) is 23.3 Å². The Labute approximate surface area is 171 Å². The summed E-state index contributed by atoms with van der Waals surface area (Å²) in [6, 6.07) is 3.20. The molecule has 1 aromatic heterocycles. The van der Waals surface area contributed by atoms with Crippen molar-refractivity contribution in [2.45, 2.75) is 51.5 Å². The van der Waals surface area contributed by atoms with E-state index < -0.39 is 25.0 Å². The van der Waals surface area contributed by atoms with Gasteiger partial charge < -0.3 is 25.8 Å². The van der Waals surface area contributed by atoms with Crippen molar-refractivity contribution in [1.29, 1.82) is 0 Å². The summed E-state index contributed by atoms with van der Waals surface area (Å²) in [5, 5.41) is 12.0. The van der Waals surface area contributed by atoms with E-state index in [1.54, 1.807) is 0 Å². The normalized spacial score (nSPS) is 12.5. The van der Waals surface area contributed by atoms with Crippen LogP contribution in [0.5, 0.6) is 0 Å². The number of ether oxygens (including phenoxy) is 1. The maximum Gasteiger partial charge on any atom is 0.320 e.